The number of hydrogen-bond acceptors (Lipinski definition) is 5. The highest BCUT2D eigenvalue weighted by Crippen LogP contribution is 2.44. The van der Waals surface area contributed by atoms with Crippen molar-refractivity contribution in [1.29, 1.82) is 0 Å². The molecule has 2 atom stereocenters. The number of nitrogens with zero attached hydrogens (tertiary/aromatic N) is 4. The predicted molar refractivity (Wildman–Crippen MR) is 92.6 cm³/mol. The highest BCUT2D eigenvalue weighted by atomic mass is 16.2. The third kappa shape index (κ3) is 2.66. The largest absolute Gasteiger partial charge is 0.355 e. The van der Waals surface area contributed by atoms with Gasteiger partial charge >= 0.3 is 0 Å². The van der Waals surface area contributed by atoms with Gasteiger partial charge in [-0.15, -0.1) is 0 Å². The van der Waals surface area contributed by atoms with Crippen LogP contribution in [0.3, 0.4) is 0 Å². The van der Waals surface area contributed by atoms with Crippen molar-refractivity contribution in [1.82, 2.24) is 20.2 Å². The first-order valence-electron chi connectivity index (χ1n) is 9.13. The van der Waals surface area contributed by atoms with Crippen LogP contribution >= 0.6 is 0 Å². The zero-order valence-electron chi connectivity index (χ0n) is 14.6. The molecule has 1 N–H and O–H groups in total. The molecule has 1 aromatic rings. The van der Waals surface area contributed by atoms with Crippen LogP contribution in [0.25, 0.3) is 0 Å². The van der Waals surface area contributed by atoms with Gasteiger partial charge in [0.1, 0.15) is 5.82 Å². The molecule has 0 unspecified atom stereocenters. The molecule has 4 rings (SSSR count). The fourth-order valence-corrected chi connectivity index (χ4v) is 4.89. The van der Waals surface area contributed by atoms with Crippen molar-refractivity contribution >= 4 is 11.7 Å². The fraction of sp³-hybridized carbons (Fsp3) is 0.722. The molecule has 3 fully saturated rings. The number of nitrogens with one attached hydrogen (secondary N) is 1. The van der Waals surface area contributed by atoms with Gasteiger partial charge in [-0.1, -0.05) is 13.8 Å². The number of carbonyl (C=O) groups is 1. The van der Waals surface area contributed by atoms with Crippen molar-refractivity contribution in [3.63, 3.8) is 0 Å². The van der Waals surface area contributed by atoms with E-state index in [0.717, 1.165) is 51.4 Å². The Labute approximate surface area is 143 Å². The van der Waals surface area contributed by atoms with E-state index in [1.807, 2.05) is 6.20 Å². The number of amides is 1. The van der Waals surface area contributed by atoms with Crippen molar-refractivity contribution in [2.24, 2.45) is 17.8 Å². The molecule has 0 aliphatic carbocycles. The molecule has 4 heterocycles. The first-order chi connectivity index (χ1) is 11.6. The molecule has 0 saturated carbocycles. The van der Waals surface area contributed by atoms with E-state index in [1.54, 1.807) is 12.4 Å². The number of hydrogen-bond donors (Lipinski definition) is 1. The minimum atomic E-state index is -0.00775. The Balaban J connectivity index is 1.46. The number of piperidine rings is 1. The smallest absolute Gasteiger partial charge is 0.225 e. The van der Waals surface area contributed by atoms with Crippen LogP contribution in [-0.4, -0.2) is 59.0 Å². The lowest BCUT2D eigenvalue weighted by atomic mass is 9.75. The molecule has 0 bridgehead atoms. The van der Waals surface area contributed by atoms with E-state index in [0.29, 0.717) is 11.8 Å². The average Bonchev–Trinajstić information content (AvgIpc) is 3.09. The summed E-state index contributed by atoms with van der Waals surface area (Å²) in [6, 6.07) is 0. The number of anilines is 1. The normalized spacial score (nSPS) is 29.3. The van der Waals surface area contributed by atoms with Gasteiger partial charge in [-0.3, -0.25) is 9.78 Å². The fourth-order valence-electron chi connectivity index (χ4n) is 4.89. The molecule has 0 aromatic carbocycles. The Hall–Kier alpha value is -1.69. The third-order valence-corrected chi connectivity index (χ3v) is 5.97. The number of aromatic nitrogens is 2. The van der Waals surface area contributed by atoms with Crippen LogP contribution in [0.4, 0.5) is 5.82 Å². The Morgan fingerprint density at radius 1 is 1.29 bits per heavy atom. The number of likely N-dealkylation sites (tertiary alicyclic amines) is 1. The Kier molecular flexibility index (Phi) is 3.95. The second-order valence-corrected chi connectivity index (χ2v) is 8.02. The second-order valence-electron chi connectivity index (χ2n) is 8.02. The molecule has 1 amide bonds. The van der Waals surface area contributed by atoms with Gasteiger partial charge in [0, 0.05) is 56.6 Å². The van der Waals surface area contributed by atoms with Crippen molar-refractivity contribution in [2.75, 3.05) is 37.6 Å². The van der Waals surface area contributed by atoms with E-state index in [1.165, 1.54) is 0 Å². The van der Waals surface area contributed by atoms with Crippen molar-refractivity contribution in [3.05, 3.63) is 18.6 Å². The quantitative estimate of drug-likeness (QED) is 0.901. The topological polar surface area (TPSA) is 61.4 Å². The van der Waals surface area contributed by atoms with Crippen LogP contribution in [0, 0.1) is 17.8 Å². The van der Waals surface area contributed by atoms with Crippen molar-refractivity contribution < 1.29 is 4.79 Å². The second kappa shape index (κ2) is 5.99. The van der Waals surface area contributed by atoms with Crippen LogP contribution in [-0.2, 0) is 4.79 Å². The van der Waals surface area contributed by atoms with Gasteiger partial charge in [-0.25, -0.2) is 4.98 Å². The molecule has 1 aromatic heterocycles. The highest BCUT2D eigenvalue weighted by molar-refractivity contribution is 5.83. The SMILES string of the molecule is CC(C)CN1C[C@@H]2C(=O)NC3(CCN(c4cnccn4)CC3)[C@@H]2C1. The van der Waals surface area contributed by atoms with Crippen molar-refractivity contribution in [3.8, 4) is 0 Å². The van der Waals surface area contributed by atoms with E-state index in [4.69, 9.17) is 0 Å². The molecule has 3 saturated heterocycles. The molecule has 6 nitrogen and oxygen atoms in total. The van der Waals surface area contributed by atoms with E-state index in [-0.39, 0.29) is 17.4 Å². The molecule has 6 heteroatoms. The number of rotatable bonds is 3. The molecule has 1 spiro atoms. The molecule has 130 valence electrons. The van der Waals surface area contributed by atoms with Gasteiger partial charge in [-0.2, -0.15) is 0 Å². The van der Waals surface area contributed by atoms with Gasteiger partial charge < -0.3 is 15.1 Å². The maximum Gasteiger partial charge on any atom is 0.225 e. The van der Waals surface area contributed by atoms with E-state index in [9.17, 15) is 4.79 Å². The Morgan fingerprint density at radius 3 is 2.75 bits per heavy atom. The first kappa shape index (κ1) is 15.8. The van der Waals surface area contributed by atoms with Crippen LogP contribution in [0.1, 0.15) is 26.7 Å². The summed E-state index contributed by atoms with van der Waals surface area (Å²) in [4.78, 5) is 25.9. The van der Waals surface area contributed by atoms with Crippen LogP contribution in [0.2, 0.25) is 0 Å². The first-order valence-corrected chi connectivity index (χ1v) is 9.13. The van der Waals surface area contributed by atoms with E-state index < -0.39 is 0 Å². The summed E-state index contributed by atoms with van der Waals surface area (Å²) in [5.41, 5.74) is -0.00775. The van der Waals surface area contributed by atoms with Crippen LogP contribution in [0.5, 0.6) is 0 Å². The average molecular weight is 329 g/mol. The summed E-state index contributed by atoms with van der Waals surface area (Å²) in [7, 11) is 0. The predicted octanol–water partition coefficient (Wildman–Crippen LogP) is 1.15. The molecule has 3 aliphatic heterocycles. The van der Waals surface area contributed by atoms with Gasteiger partial charge in [-0.05, 0) is 18.8 Å². The molecule has 0 radical (unpaired) electrons. The van der Waals surface area contributed by atoms with E-state index >= 15 is 0 Å². The lowest BCUT2D eigenvalue weighted by Gasteiger charge is -2.43. The Bertz CT molecular complexity index is 597. The third-order valence-electron chi connectivity index (χ3n) is 5.97. The summed E-state index contributed by atoms with van der Waals surface area (Å²) in [6.07, 6.45) is 7.29. The summed E-state index contributed by atoms with van der Waals surface area (Å²) in [6.45, 7) is 9.48. The lowest BCUT2D eigenvalue weighted by molar-refractivity contribution is -0.123. The maximum atomic E-state index is 12.5. The zero-order valence-corrected chi connectivity index (χ0v) is 14.6. The molecular weight excluding hydrogens is 302 g/mol. The van der Waals surface area contributed by atoms with Gasteiger partial charge in [0.2, 0.25) is 5.91 Å². The maximum absolute atomic E-state index is 12.5. The number of fused-ring (bicyclic) bond motifs is 2. The number of carbonyl (C=O) groups excluding carboxylic acids is 1. The van der Waals surface area contributed by atoms with Gasteiger partial charge in [0.05, 0.1) is 12.1 Å². The highest BCUT2D eigenvalue weighted by Gasteiger charge is 2.57. The lowest BCUT2D eigenvalue weighted by Crippen LogP contribution is -2.55. The monoisotopic (exact) mass is 329 g/mol. The molecule has 24 heavy (non-hydrogen) atoms. The summed E-state index contributed by atoms with van der Waals surface area (Å²) in [5, 5.41) is 3.39. The van der Waals surface area contributed by atoms with Crippen LogP contribution in [0.15, 0.2) is 18.6 Å². The van der Waals surface area contributed by atoms with Crippen LogP contribution < -0.4 is 10.2 Å². The van der Waals surface area contributed by atoms with Gasteiger partial charge in [0.25, 0.3) is 0 Å². The standard InChI is InChI=1S/C18H27N5O/c1-13(2)10-22-11-14-15(12-22)18(21-17(14)24)3-7-23(8-4-18)16-9-19-5-6-20-16/h5-6,9,13-15H,3-4,7-8,10-12H2,1-2H3,(H,21,24)/t14-,15+/m0/s1. The summed E-state index contributed by atoms with van der Waals surface area (Å²) >= 11 is 0. The zero-order chi connectivity index (χ0) is 16.7. The molecular formula is C18H27N5O. The van der Waals surface area contributed by atoms with Crippen molar-refractivity contribution in [2.45, 2.75) is 32.2 Å². The minimum Gasteiger partial charge on any atom is -0.355 e. The summed E-state index contributed by atoms with van der Waals surface area (Å²) < 4.78 is 0. The van der Waals surface area contributed by atoms with E-state index in [2.05, 4.69) is 38.9 Å². The Morgan fingerprint density at radius 2 is 2.08 bits per heavy atom. The molecule has 3 aliphatic rings. The van der Waals surface area contributed by atoms with Gasteiger partial charge in [0.15, 0.2) is 0 Å². The summed E-state index contributed by atoms with van der Waals surface area (Å²) in [5.74, 6) is 2.53. The minimum absolute atomic E-state index is 0.00775.